The van der Waals surface area contributed by atoms with Crippen LogP contribution >= 0.6 is 0 Å². The molecule has 2 aromatic carbocycles. The van der Waals surface area contributed by atoms with Gasteiger partial charge in [-0.1, -0.05) is 17.7 Å². The summed E-state index contributed by atoms with van der Waals surface area (Å²) in [7, 11) is 0.497. The minimum absolute atomic E-state index is 0.356. The largest absolute Gasteiger partial charge is 0.385 e. The van der Waals surface area contributed by atoms with Gasteiger partial charge in [-0.2, -0.15) is 0 Å². The Morgan fingerprint density at radius 1 is 0.923 bits per heavy atom. The van der Waals surface area contributed by atoms with E-state index >= 15 is 0 Å². The first-order chi connectivity index (χ1) is 12.2. The van der Waals surface area contributed by atoms with Crippen molar-refractivity contribution >= 4 is 21.4 Å². The number of aryl methyl sites for hydroxylation is 3. The van der Waals surface area contributed by atoms with E-state index in [0.717, 1.165) is 41.9 Å². The monoisotopic (exact) mass is 375 g/mol. The van der Waals surface area contributed by atoms with Gasteiger partial charge in [0.2, 0.25) is 0 Å². The second-order valence-corrected chi connectivity index (χ2v) is 8.61. The molecule has 0 fully saturated rings. The fourth-order valence-corrected chi connectivity index (χ4v) is 4.60. The van der Waals surface area contributed by atoms with E-state index in [4.69, 9.17) is 0 Å². The molecule has 0 aliphatic heterocycles. The summed E-state index contributed by atoms with van der Waals surface area (Å²) in [5.74, 6) is 0. The van der Waals surface area contributed by atoms with Crippen LogP contribution in [0.4, 0.5) is 11.4 Å². The molecule has 0 unspecified atom stereocenters. The maximum Gasteiger partial charge on any atom is 0.262 e. The number of sulfonamides is 1. The summed E-state index contributed by atoms with van der Waals surface area (Å²) < 4.78 is 28.2. The van der Waals surface area contributed by atoms with Crippen LogP contribution in [0.1, 0.15) is 23.1 Å². The first kappa shape index (κ1) is 20.3. The zero-order chi connectivity index (χ0) is 19.3. The second kappa shape index (κ2) is 8.56. The van der Waals surface area contributed by atoms with Gasteiger partial charge in [0.15, 0.2) is 0 Å². The van der Waals surface area contributed by atoms with Crippen molar-refractivity contribution in [1.29, 1.82) is 0 Å². The highest BCUT2D eigenvalue weighted by molar-refractivity contribution is 7.92. The molecule has 2 aromatic rings. The van der Waals surface area contributed by atoms with Crippen LogP contribution in [-0.4, -0.2) is 40.5 Å². The van der Waals surface area contributed by atoms with Crippen molar-refractivity contribution in [2.24, 2.45) is 0 Å². The van der Waals surface area contributed by atoms with E-state index in [-0.39, 0.29) is 0 Å². The van der Waals surface area contributed by atoms with Gasteiger partial charge < -0.3 is 10.2 Å². The van der Waals surface area contributed by atoms with Gasteiger partial charge in [0.25, 0.3) is 10.0 Å². The Hall–Kier alpha value is -2.05. The Morgan fingerprint density at radius 2 is 1.46 bits per heavy atom. The van der Waals surface area contributed by atoms with E-state index < -0.39 is 10.0 Å². The standard InChI is InChI=1S/C20H29N3O2S/c1-15-13-16(2)20(17(3)14-15)26(24,25)22-19-9-7-18(8-10-19)21-11-6-12-23(4)5/h7-10,13-14,21-22H,6,11-12H2,1-5H3. The minimum atomic E-state index is -3.61. The van der Waals surface area contributed by atoms with Gasteiger partial charge in [-0.15, -0.1) is 0 Å². The third kappa shape index (κ3) is 5.47. The summed E-state index contributed by atoms with van der Waals surface area (Å²) in [6.45, 7) is 7.53. The maximum absolute atomic E-state index is 12.8. The van der Waals surface area contributed by atoms with Crippen molar-refractivity contribution in [3.05, 3.63) is 53.1 Å². The first-order valence-corrected chi connectivity index (χ1v) is 10.3. The van der Waals surface area contributed by atoms with Gasteiger partial charge in [0, 0.05) is 17.9 Å². The van der Waals surface area contributed by atoms with Gasteiger partial charge >= 0.3 is 0 Å². The van der Waals surface area contributed by atoms with E-state index in [1.165, 1.54) is 0 Å². The summed E-state index contributed by atoms with van der Waals surface area (Å²) in [6.07, 6.45) is 1.05. The molecule has 0 spiro atoms. The summed E-state index contributed by atoms with van der Waals surface area (Å²) in [6, 6.07) is 11.1. The molecule has 0 atom stereocenters. The highest BCUT2D eigenvalue weighted by Gasteiger charge is 2.19. The first-order valence-electron chi connectivity index (χ1n) is 8.78. The molecule has 0 aromatic heterocycles. The van der Waals surface area contributed by atoms with Crippen LogP contribution in [0.5, 0.6) is 0 Å². The number of nitrogens with zero attached hydrogens (tertiary/aromatic N) is 1. The number of hydrogen-bond donors (Lipinski definition) is 2. The Labute approximate surface area is 157 Å². The molecular weight excluding hydrogens is 346 g/mol. The van der Waals surface area contributed by atoms with Crippen LogP contribution in [0.15, 0.2) is 41.3 Å². The van der Waals surface area contributed by atoms with Crippen LogP contribution in [0.25, 0.3) is 0 Å². The van der Waals surface area contributed by atoms with Crippen LogP contribution in [0.3, 0.4) is 0 Å². The Balaban J connectivity index is 2.06. The van der Waals surface area contributed by atoms with E-state index in [0.29, 0.717) is 10.6 Å². The number of rotatable bonds is 8. The van der Waals surface area contributed by atoms with Gasteiger partial charge in [-0.25, -0.2) is 8.42 Å². The van der Waals surface area contributed by atoms with E-state index in [9.17, 15) is 8.42 Å². The minimum Gasteiger partial charge on any atom is -0.385 e. The zero-order valence-corrected chi connectivity index (χ0v) is 17.1. The van der Waals surface area contributed by atoms with E-state index in [1.807, 2.05) is 45.0 Å². The predicted molar refractivity (Wildman–Crippen MR) is 110 cm³/mol. The molecule has 142 valence electrons. The topological polar surface area (TPSA) is 61.4 Å². The predicted octanol–water partition coefficient (Wildman–Crippen LogP) is 3.78. The van der Waals surface area contributed by atoms with Gasteiger partial charge in [0.1, 0.15) is 0 Å². The molecule has 26 heavy (non-hydrogen) atoms. The molecule has 2 rings (SSSR count). The maximum atomic E-state index is 12.8. The van der Waals surface area contributed by atoms with Gasteiger partial charge in [0.05, 0.1) is 4.90 Å². The quantitative estimate of drug-likeness (QED) is 0.690. The number of hydrogen-bond acceptors (Lipinski definition) is 4. The molecule has 2 N–H and O–H groups in total. The molecule has 0 aliphatic carbocycles. The molecular formula is C20H29N3O2S. The molecule has 6 heteroatoms. The van der Waals surface area contributed by atoms with Crippen molar-refractivity contribution in [2.75, 3.05) is 37.2 Å². The number of nitrogens with one attached hydrogen (secondary N) is 2. The molecule has 0 saturated heterocycles. The van der Waals surface area contributed by atoms with E-state index in [2.05, 4.69) is 29.0 Å². The van der Waals surface area contributed by atoms with Crippen molar-refractivity contribution in [1.82, 2.24) is 4.90 Å². The lowest BCUT2D eigenvalue weighted by Gasteiger charge is -2.14. The Bertz CT molecular complexity index is 821. The summed E-state index contributed by atoms with van der Waals surface area (Å²) in [4.78, 5) is 2.50. The third-order valence-corrected chi connectivity index (χ3v) is 5.81. The van der Waals surface area contributed by atoms with Crippen LogP contribution in [-0.2, 0) is 10.0 Å². The van der Waals surface area contributed by atoms with Crippen molar-refractivity contribution in [3.8, 4) is 0 Å². The van der Waals surface area contributed by atoms with E-state index in [1.54, 1.807) is 12.1 Å². The van der Waals surface area contributed by atoms with Gasteiger partial charge in [-0.05, 0) is 83.2 Å². The normalized spacial score (nSPS) is 11.6. The molecule has 0 amide bonds. The zero-order valence-electron chi connectivity index (χ0n) is 16.3. The summed E-state index contributed by atoms with van der Waals surface area (Å²) in [5.41, 5.74) is 4.12. The molecule has 0 radical (unpaired) electrons. The molecule has 0 heterocycles. The molecule has 0 saturated carbocycles. The molecule has 5 nitrogen and oxygen atoms in total. The van der Waals surface area contributed by atoms with Crippen molar-refractivity contribution < 1.29 is 8.42 Å². The fraction of sp³-hybridized carbons (Fsp3) is 0.400. The second-order valence-electron chi connectivity index (χ2n) is 6.99. The van der Waals surface area contributed by atoms with Gasteiger partial charge in [-0.3, -0.25) is 4.72 Å². The van der Waals surface area contributed by atoms with Crippen molar-refractivity contribution in [2.45, 2.75) is 32.1 Å². The lowest BCUT2D eigenvalue weighted by atomic mass is 10.1. The summed E-state index contributed by atoms with van der Waals surface area (Å²) >= 11 is 0. The number of anilines is 2. The Kier molecular flexibility index (Phi) is 6.67. The SMILES string of the molecule is Cc1cc(C)c(S(=O)(=O)Nc2ccc(NCCCN(C)C)cc2)c(C)c1. The Morgan fingerprint density at radius 3 is 2.00 bits per heavy atom. The lowest BCUT2D eigenvalue weighted by molar-refractivity contribution is 0.405. The van der Waals surface area contributed by atoms with Crippen LogP contribution in [0.2, 0.25) is 0 Å². The highest BCUT2D eigenvalue weighted by atomic mass is 32.2. The number of benzene rings is 2. The highest BCUT2D eigenvalue weighted by Crippen LogP contribution is 2.25. The third-order valence-electron chi connectivity index (χ3n) is 4.12. The average Bonchev–Trinajstić information content (AvgIpc) is 2.51. The van der Waals surface area contributed by atoms with Crippen LogP contribution in [0, 0.1) is 20.8 Å². The fourth-order valence-electron chi connectivity index (χ4n) is 3.08. The molecule has 0 bridgehead atoms. The smallest absolute Gasteiger partial charge is 0.262 e. The summed E-state index contributed by atoms with van der Waals surface area (Å²) in [5, 5.41) is 3.34. The average molecular weight is 376 g/mol. The van der Waals surface area contributed by atoms with Crippen molar-refractivity contribution in [3.63, 3.8) is 0 Å². The lowest BCUT2D eigenvalue weighted by Crippen LogP contribution is -2.16. The molecule has 0 aliphatic rings. The van der Waals surface area contributed by atoms with Crippen LogP contribution < -0.4 is 10.0 Å².